The van der Waals surface area contributed by atoms with E-state index in [0.717, 1.165) is 57.9 Å². The molecule has 0 aromatic rings. The van der Waals surface area contributed by atoms with Crippen LogP contribution in [0.4, 0.5) is 0 Å². The zero-order valence-corrected chi connectivity index (χ0v) is 13.4. The Morgan fingerprint density at radius 1 is 0.950 bits per heavy atom. The van der Waals surface area contributed by atoms with Gasteiger partial charge in [0.05, 0.1) is 0 Å². The lowest BCUT2D eigenvalue weighted by atomic mass is 9.92. The second kappa shape index (κ2) is 7.73. The molecule has 1 heterocycles. The Morgan fingerprint density at radius 3 is 2.05 bits per heavy atom. The molecule has 0 aromatic carbocycles. The van der Waals surface area contributed by atoms with Crippen molar-refractivity contribution >= 4 is 10.2 Å². The van der Waals surface area contributed by atoms with Gasteiger partial charge in [0.1, 0.15) is 0 Å². The van der Waals surface area contributed by atoms with Crippen molar-refractivity contribution in [3.63, 3.8) is 0 Å². The first-order valence-corrected chi connectivity index (χ1v) is 9.56. The van der Waals surface area contributed by atoms with Gasteiger partial charge in [-0.15, -0.1) is 0 Å². The Labute approximate surface area is 123 Å². The van der Waals surface area contributed by atoms with Crippen molar-refractivity contribution in [2.75, 3.05) is 19.6 Å². The van der Waals surface area contributed by atoms with Crippen molar-refractivity contribution in [1.82, 2.24) is 14.3 Å². The van der Waals surface area contributed by atoms with E-state index in [-0.39, 0.29) is 6.04 Å². The monoisotopic (exact) mass is 303 g/mol. The predicted octanol–water partition coefficient (Wildman–Crippen LogP) is 1.62. The van der Waals surface area contributed by atoms with Crippen LogP contribution in [0.15, 0.2) is 0 Å². The Balaban J connectivity index is 1.82. The summed E-state index contributed by atoms with van der Waals surface area (Å²) in [6.45, 7) is 4.48. The standard InChI is InChI=1S/C14H29N3O2S/c1-2-15-13-7-9-14(10-8-13)16-20(18,19)17-11-5-3-4-6-12-17/h13-16H,2-12H2,1H3. The number of hydrogen-bond acceptors (Lipinski definition) is 3. The van der Waals surface area contributed by atoms with E-state index in [9.17, 15) is 8.42 Å². The van der Waals surface area contributed by atoms with Crippen LogP contribution in [-0.2, 0) is 10.2 Å². The highest BCUT2D eigenvalue weighted by Crippen LogP contribution is 2.20. The van der Waals surface area contributed by atoms with Gasteiger partial charge >= 0.3 is 0 Å². The molecule has 0 radical (unpaired) electrons. The third-order valence-electron chi connectivity index (χ3n) is 4.44. The quantitative estimate of drug-likeness (QED) is 0.811. The average molecular weight is 303 g/mol. The number of nitrogens with one attached hydrogen (secondary N) is 2. The van der Waals surface area contributed by atoms with Crippen LogP contribution in [0.2, 0.25) is 0 Å². The lowest BCUT2D eigenvalue weighted by molar-refractivity contribution is 0.324. The highest BCUT2D eigenvalue weighted by atomic mass is 32.2. The summed E-state index contributed by atoms with van der Waals surface area (Å²) in [6, 6.07) is 0.692. The van der Waals surface area contributed by atoms with Gasteiger partial charge in [-0.05, 0) is 45.1 Å². The first kappa shape index (κ1) is 16.2. The van der Waals surface area contributed by atoms with Crippen LogP contribution in [0.5, 0.6) is 0 Å². The van der Waals surface area contributed by atoms with Gasteiger partial charge < -0.3 is 5.32 Å². The second-order valence-electron chi connectivity index (χ2n) is 6.04. The van der Waals surface area contributed by atoms with Gasteiger partial charge in [-0.1, -0.05) is 19.8 Å². The minimum Gasteiger partial charge on any atom is -0.314 e. The average Bonchev–Trinajstić information content (AvgIpc) is 2.70. The summed E-state index contributed by atoms with van der Waals surface area (Å²) in [5, 5.41) is 3.45. The lowest BCUT2D eigenvalue weighted by Crippen LogP contribution is -2.48. The summed E-state index contributed by atoms with van der Waals surface area (Å²) in [4.78, 5) is 0. The van der Waals surface area contributed by atoms with Gasteiger partial charge in [-0.3, -0.25) is 0 Å². The molecule has 1 aliphatic carbocycles. The van der Waals surface area contributed by atoms with E-state index in [4.69, 9.17) is 0 Å². The van der Waals surface area contributed by atoms with E-state index in [1.807, 2.05) is 0 Å². The Morgan fingerprint density at radius 2 is 1.50 bits per heavy atom. The molecule has 0 atom stereocenters. The molecular formula is C14H29N3O2S. The first-order chi connectivity index (χ1) is 9.62. The fourth-order valence-electron chi connectivity index (χ4n) is 3.27. The fourth-order valence-corrected chi connectivity index (χ4v) is 4.82. The molecule has 0 bridgehead atoms. The molecule has 0 aromatic heterocycles. The van der Waals surface area contributed by atoms with Crippen molar-refractivity contribution in [3.8, 4) is 0 Å². The smallest absolute Gasteiger partial charge is 0.279 e. The molecule has 0 amide bonds. The summed E-state index contributed by atoms with van der Waals surface area (Å²) in [5.41, 5.74) is 0. The van der Waals surface area contributed by atoms with E-state index in [0.29, 0.717) is 19.1 Å². The molecule has 1 saturated heterocycles. The number of hydrogen-bond donors (Lipinski definition) is 2. The minimum atomic E-state index is -3.27. The topological polar surface area (TPSA) is 61.4 Å². The maximum Gasteiger partial charge on any atom is 0.279 e. The molecule has 2 fully saturated rings. The molecule has 0 unspecified atom stereocenters. The molecular weight excluding hydrogens is 274 g/mol. The molecule has 20 heavy (non-hydrogen) atoms. The van der Waals surface area contributed by atoms with Crippen LogP contribution < -0.4 is 10.0 Å². The van der Waals surface area contributed by atoms with Crippen LogP contribution in [0.3, 0.4) is 0 Å². The minimum absolute atomic E-state index is 0.123. The largest absolute Gasteiger partial charge is 0.314 e. The Hall–Kier alpha value is -0.170. The molecule has 1 aliphatic heterocycles. The van der Waals surface area contributed by atoms with E-state index in [1.54, 1.807) is 4.31 Å². The van der Waals surface area contributed by atoms with Crippen molar-refractivity contribution in [2.45, 2.75) is 70.4 Å². The van der Waals surface area contributed by atoms with Crippen molar-refractivity contribution in [2.24, 2.45) is 0 Å². The summed E-state index contributed by atoms with van der Waals surface area (Å²) >= 11 is 0. The van der Waals surface area contributed by atoms with Crippen LogP contribution in [0, 0.1) is 0 Å². The van der Waals surface area contributed by atoms with Gasteiger partial charge in [-0.25, -0.2) is 0 Å². The summed E-state index contributed by atoms with van der Waals surface area (Å²) in [5.74, 6) is 0. The van der Waals surface area contributed by atoms with Gasteiger partial charge in [-0.2, -0.15) is 17.4 Å². The number of nitrogens with zero attached hydrogens (tertiary/aromatic N) is 1. The van der Waals surface area contributed by atoms with Gasteiger partial charge in [0.15, 0.2) is 0 Å². The number of rotatable bonds is 5. The van der Waals surface area contributed by atoms with Crippen LogP contribution in [-0.4, -0.2) is 44.4 Å². The maximum atomic E-state index is 12.4. The molecule has 2 aliphatic rings. The third kappa shape index (κ3) is 4.69. The molecule has 118 valence electrons. The molecule has 6 heteroatoms. The molecule has 2 rings (SSSR count). The van der Waals surface area contributed by atoms with E-state index in [2.05, 4.69) is 17.0 Å². The van der Waals surface area contributed by atoms with Crippen molar-refractivity contribution in [1.29, 1.82) is 0 Å². The summed E-state index contributed by atoms with van der Waals surface area (Å²) in [7, 11) is -3.27. The first-order valence-electron chi connectivity index (χ1n) is 8.12. The van der Waals surface area contributed by atoms with Crippen LogP contribution >= 0.6 is 0 Å². The van der Waals surface area contributed by atoms with E-state index in [1.165, 1.54) is 0 Å². The molecule has 1 saturated carbocycles. The van der Waals surface area contributed by atoms with Crippen molar-refractivity contribution in [3.05, 3.63) is 0 Å². The SMILES string of the molecule is CCNC1CCC(NS(=O)(=O)N2CCCCCC2)CC1. The third-order valence-corrected chi connectivity index (χ3v) is 6.12. The van der Waals surface area contributed by atoms with E-state index >= 15 is 0 Å². The zero-order chi connectivity index (χ0) is 14.4. The predicted molar refractivity (Wildman–Crippen MR) is 81.8 cm³/mol. The Kier molecular flexibility index (Phi) is 6.26. The van der Waals surface area contributed by atoms with Gasteiger partial charge in [0.2, 0.25) is 0 Å². The molecule has 0 spiro atoms. The lowest BCUT2D eigenvalue weighted by Gasteiger charge is -2.31. The zero-order valence-electron chi connectivity index (χ0n) is 12.6. The summed E-state index contributed by atoms with van der Waals surface area (Å²) < 4.78 is 29.4. The van der Waals surface area contributed by atoms with Gasteiger partial charge in [0.25, 0.3) is 10.2 Å². The van der Waals surface area contributed by atoms with Crippen LogP contribution in [0.1, 0.15) is 58.3 Å². The Bertz CT molecular complexity index is 370. The highest BCUT2D eigenvalue weighted by Gasteiger charge is 2.28. The maximum absolute atomic E-state index is 12.4. The van der Waals surface area contributed by atoms with E-state index < -0.39 is 10.2 Å². The molecule has 2 N–H and O–H groups in total. The highest BCUT2D eigenvalue weighted by molar-refractivity contribution is 7.87. The van der Waals surface area contributed by atoms with Crippen LogP contribution in [0.25, 0.3) is 0 Å². The molecule has 5 nitrogen and oxygen atoms in total. The second-order valence-corrected chi connectivity index (χ2v) is 7.74. The summed E-state index contributed by atoms with van der Waals surface area (Å²) in [6.07, 6.45) is 8.33. The fraction of sp³-hybridized carbons (Fsp3) is 1.00. The van der Waals surface area contributed by atoms with Crippen molar-refractivity contribution < 1.29 is 8.42 Å². The normalized spacial score (nSPS) is 30.1. The van der Waals surface area contributed by atoms with Gasteiger partial charge in [0, 0.05) is 25.2 Å².